The number of hydrogen-bond donors (Lipinski definition) is 2. The fourth-order valence-corrected chi connectivity index (χ4v) is 2.89. The van der Waals surface area contributed by atoms with Crippen molar-refractivity contribution in [3.05, 3.63) is 66.4 Å². The largest absolute Gasteiger partial charge is 0.504 e. The maximum absolute atomic E-state index is 11.4. The number of nitrogens with zero attached hydrogens (tertiary/aromatic N) is 3. The van der Waals surface area contributed by atoms with Crippen LogP contribution in [0.5, 0.6) is 11.5 Å². The van der Waals surface area contributed by atoms with Crippen LogP contribution in [0.2, 0.25) is 0 Å². The maximum atomic E-state index is 11.4. The Bertz CT molecular complexity index is 1170. The number of phenolic OH excluding ortho intramolecular Hbond substituents is 1. The topological polar surface area (TPSA) is 103 Å². The van der Waals surface area contributed by atoms with Crippen LogP contribution in [0, 0.1) is 0 Å². The Balaban J connectivity index is 1.85. The van der Waals surface area contributed by atoms with E-state index in [1.165, 1.54) is 7.11 Å². The van der Waals surface area contributed by atoms with E-state index in [1.807, 2.05) is 18.2 Å². The number of hydrogen-bond acceptors (Lipinski definition) is 5. The van der Waals surface area contributed by atoms with Crippen LogP contribution in [0.15, 0.2) is 60.8 Å². The van der Waals surface area contributed by atoms with E-state index in [0.29, 0.717) is 22.7 Å². The van der Waals surface area contributed by atoms with Crippen LogP contribution >= 0.6 is 0 Å². The van der Waals surface area contributed by atoms with Gasteiger partial charge in [-0.05, 0) is 42.5 Å². The molecule has 0 saturated heterocycles. The fraction of sp³-hybridized carbons (Fsp3) is 0.0500. The maximum Gasteiger partial charge on any atom is 0.248 e. The van der Waals surface area contributed by atoms with E-state index in [1.54, 1.807) is 47.1 Å². The lowest BCUT2D eigenvalue weighted by atomic mass is 10.1. The monoisotopic (exact) mass is 360 g/mol. The van der Waals surface area contributed by atoms with Crippen molar-refractivity contribution in [1.82, 2.24) is 14.6 Å². The Kier molecular flexibility index (Phi) is 3.97. The van der Waals surface area contributed by atoms with Gasteiger partial charge in [0.05, 0.1) is 24.7 Å². The minimum atomic E-state index is -0.488. The molecule has 0 spiro atoms. The molecule has 0 radical (unpaired) electrons. The predicted molar refractivity (Wildman–Crippen MR) is 101 cm³/mol. The number of nitrogens with two attached hydrogens (primary N) is 1. The highest BCUT2D eigenvalue weighted by Crippen LogP contribution is 2.31. The number of phenols is 1. The summed E-state index contributed by atoms with van der Waals surface area (Å²) in [4.78, 5) is 15.8. The third kappa shape index (κ3) is 2.95. The number of fused-ring (bicyclic) bond motifs is 1. The average Bonchev–Trinajstić information content (AvgIpc) is 3.11. The van der Waals surface area contributed by atoms with Crippen molar-refractivity contribution in [2.45, 2.75) is 0 Å². The van der Waals surface area contributed by atoms with E-state index in [2.05, 4.69) is 10.1 Å². The molecule has 0 aliphatic rings. The minimum absolute atomic E-state index is 0.0620. The summed E-state index contributed by atoms with van der Waals surface area (Å²) in [6.45, 7) is 0. The summed E-state index contributed by atoms with van der Waals surface area (Å²) in [6.07, 6.45) is 1.71. The lowest BCUT2D eigenvalue weighted by molar-refractivity contribution is 0.100. The number of methoxy groups -OCH3 is 1. The number of carbonyl (C=O) groups excluding carboxylic acids is 1. The van der Waals surface area contributed by atoms with Crippen molar-refractivity contribution in [2.75, 3.05) is 7.11 Å². The Hall–Kier alpha value is -3.87. The van der Waals surface area contributed by atoms with E-state index in [9.17, 15) is 9.90 Å². The summed E-state index contributed by atoms with van der Waals surface area (Å²) in [6, 6.07) is 15.7. The number of rotatable bonds is 4. The zero-order valence-electron chi connectivity index (χ0n) is 14.5. The molecule has 3 N–H and O–H groups in total. The molecule has 0 saturated carbocycles. The van der Waals surface area contributed by atoms with Gasteiger partial charge in [0.15, 0.2) is 17.1 Å². The standard InChI is InChI=1S/C20H16N4O3/c1-27-18-10-13(5-7-17(18)25)16-11-22-19-8-6-15(23-24(16)19)12-3-2-4-14(9-12)20(21)26/h2-11,25H,1H3,(H2,21,26). The van der Waals surface area contributed by atoms with Crippen LogP contribution in [-0.4, -0.2) is 32.7 Å². The summed E-state index contributed by atoms with van der Waals surface area (Å²) in [5.74, 6) is -0.0582. The van der Waals surface area contributed by atoms with Gasteiger partial charge in [0.2, 0.25) is 5.91 Å². The Morgan fingerprint density at radius 2 is 1.96 bits per heavy atom. The van der Waals surface area contributed by atoms with Gasteiger partial charge in [-0.25, -0.2) is 9.50 Å². The third-order valence-electron chi connectivity index (χ3n) is 4.28. The third-order valence-corrected chi connectivity index (χ3v) is 4.28. The van der Waals surface area contributed by atoms with Crippen molar-refractivity contribution in [3.63, 3.8) is 0 Å². The number of benzene rings is 2. The second-order valence-corrected chi connectivity index (χ2v) is 5.96. The lowest BCUT2D eigenvalue weighted by Crippen LogP contribution is -2.10. The van der Waals surface area contributed by atoms with E-state index >= 15 is 0 Å². The molecule has 0 aliphatic heterocycles. The molecule has 7 nitrogen and oxygen atoms in total. The first-order valence-corrected chi connectivity index (χ1v) is 8.19. The Morgan fingerprint density at radius 1 is 1.11 bits per heavy atom. The van der Waals surface area contributed by atoms with Crippen molar-refractivity contribution in [1.29, 1.82) is 0 Å². The van der Waals surface area contributed by atoms with Crippen LogP contribution in [0.1, 0.15) is 10.4 Å². The molecule has 0 unspecified atom stereocenters. The van der Waals surface area contributed by atoms with Gasteiger partial charge in [0, 0.05) is 16.7 Å². The molecule has 0 aliphatic carbocycles. The van der Waals surface area contributed by atoms with Gasteiger partial charge in [-0.2, -0.15) is 5.10 Å². The number of aromatic nitrogens is 3. The normalized spacial score (nSPS) is 10.9. The van der Waals surface area contributed by atoms with Gasteiger partial charge in [-0.15, -0.1) is 0 Å². The van der Waals surface area contributed by atoms with Crippen molar-refractivity contribution in [3.8, 4) is 34.0 Å². The lowest BCUT2D eigenvalue weighted by Gasteiger charge is -2.08. The summed E-state index contributed by atoms with van der Waals surface area (Å²) in [5.41, 5.74) is 9.46. The van der Waals surface area contributed by atoms with Crippen LogP contribution in [0.25, 0.3) is 28.2 Å². The molecule has 27 heavy (non-hydrogen) atoms. The molecular formula is C20H16N4O3. The van der Waals surface area contributed by atoms with Gasteiger partial charge in [0.25, 0.3) is 0 Å². The first-order chi connectivity index (χ1) is 13.1. The van der Waals surface area contributed by atoms with E-state index in [0.717, 1.165) is 16.8 Å². The molecule has 2 heterocycles. The summed E-state index contributed by atoms with van der Waals surface area (Å²) < 4.78 is 6.89. The SMILES string of the molecule is COc1cc(-c2cnc3ccc(-c4cccc(C(N)=O)c4)nn23)ccc1O. The summed E-state index contributed by atoms with van der Waals surface area (Å²) >= 11 is 0. The number of primary amides is 1. The molecule has 7 heteroatoms. The first kappa shape index (κ1) is 16.6. The predicted octanol–water partition coefficient (Wildman–Crippen LogP) is 2.88. The van der Waals surface area contributed by atoms with E-state index < -0.39 is 5.91 Å². The van der Waals surface area contributed by atoms with Crippen molar-refractivity contribution in [2.24, 2.45) is 5.73 Å². The van der Waals surface area contributed by atoms with Gasteiger partial charge >= 0.3 is 0 Å². The second-order valence-electron chi connectivity index (χ2n) is 5.96. The quantitative estimate of drug-likeness (QED) is 0.582. The van der Waals surface area contributed by atoms with E-state index in [4.69, 9.17) is 10.5 Å². The summed E-state index contributed by atoms with van der Waals surface area (Å²) in [5, 5.41) is 14.5. The van der Waals surface area contributed by atoms with Gasteiger partial charge in [0.1, 0.15) is 0 Å². The average molecular weight is 360 g/mol. The molecule has 0 fully saturated rings. The van der Waals surface area contributed by atoms with Gasteiger partial charge in [-0.1, -0.05) is 12.1 Å². The van der Waals surface area contributed by atoms with Crippen LogP contribution < -0.4 is 10.5 Å². The number of ether oxygens (including phenoxy) is 1. The number of aromatic hydroxyl groups is 1. The van der Waals surface area contributed by atoms with Crippen LogP contribution in [-0.2, 0) is 0 Å². The van der Waals surface area contributed by atoms with E-state index in [-0.39, 0.29) is 5.75 Å². The second kappa shape index (κ2) is 6.45. The highest BCUT2D eigenvalue weighted by atomic mass is 16.5. The fourth-order valence-electron chi connectivity index (χ4n) is 2.89. The van der Waals surface area contributed by atoms with Crippen LogP contribution in [0.4, 0.5) is 0 Å². The van der Waals surface area contributed by atoms with Crippen molar-refractivity contribution < 1.29 is 14.6 Å². The zero-order chi connectivity index (χ0) is 19.0. The Morgan fingerprint density at radius 3 is 2.74 bits per heavy atom. The van der Waals surface area contributed by atoms with Crippen molar-refractivity contribution >= 4 is 11.6 Å². The molecule has 4 rings (SSSR count). The summed E-state index contributed by atoms with van der Waals surface area (Å²) in [7, 11) is 1.50. The highest BCUT2D eigenvalue weighted by molar-refractivity contribution is 5.94. The molecule has 2 aromatic carbocycles. The number of carbonyl (C=O) groups is 1. The molecular weight excluding hydrogens is 344 g/mol. The zero-order valence-corrected chi connectivity index (χ0v) is 14.5. The van der Waals surface area contributed by atoms with Gasteiger partial charge < -0.3 is 15.6 Å². The molecule has 1 amide bonds. The molecule has 0 atom stereocenters. The number of imidazole rings is 1. The highest BCUT2D eigenvalue weighted by Gasteiger charge is 2.12. The molecule has 2 aromatic heterocycles. The minimum Gasteiger partial charge on any atom is -0.504 e. The molecule has 4 aromatic rings. The number of amides is 1. The van der Waals surface area contributed by atoms with Gasteiger partial charge in [-0.3, -0.25) is 4.79 Å². The molecule has 0 bridgehead atoms. The first-order valence-electron chi connectivity index (χ1n) is 8.19. The smallest absolute Gasteiger partial charge is 0.248 e. The van der Waals surface area contributed by atoms with Crippen LogP contribution in [0.3, 0.4) is 0 Å². The Labute approximate surface area is 154 Å². The molecule has 134 valence electrons.